The first kappa shape index (κ1) is 53.7. The molecule has 1 aliphatic carbocycles. The normalized spacial score (nSPS) is 12.2. The Bertz CT molecular complexity index is 4250. The average molecular weight is 1090 g/mol. The number of carboxylic acids is 2. The molecule has 0 atom stereocenters. The number of nitrogens with one attached hydrogen (secondary N) is 3. The number of carbonyl (C=O) groups is 4. The van der Waals surface area contributed by atoms with E-state index in [1.807, 2.05) is 0 Å². The molecule has 2 aliphatic rings. The van der Waals surface area contributed by atoms with Crippen molar-refractivity contribution in [2.75, 3.05) is 16.0 Å². The average Bonchev–Trinajstić information content (AvgIpc) is 3.38. The van der Waals surface area contributed by atoms with Crippen LogP contribution in [0.2, 0.25) is 0 Å². The van der Waals surface area contributed by atoms with E-state index >= 15 is 0 Å². The van der Waals surface area contributed by atoms with Crippen LogP contribution in [-0.4, -0.2) is 72.9 Å². The summed E-state index contributed by atoms with van der Waals surface area (Å²) >= 11 is 0. The number of amides is 2. The first-order valence-corrected chi connectivity index (χ1v) is 26.8. The molecule has 6 aromatic carbocycles. The summed E-state index contributed by atoms with van der Waals surface area (Å²) in [4.78, 5) is 54.5. The second-order valence-corrected chi connectivity index (χ2v) is 21.6. The Kier molecular flexibility index (Phi) is 14.1. The van der Waals surface area contributed by atoms with Crippen LogP contribution >= 0.6 is 0 Å². The summed E-state index contributed by atoms with van der Waals surface area (Å²) in [5, 5.41) is 28.3. The van der Waals surface area contributed by atoms with Crippen LogP contribution in [0, 0.1) is 41.5 Å². The first-order chi connectivity index (χ1) is 35.6. The summed E-state index contributed by atoms with van der Waals surface area (Å²) < 4.78 is 116. The molecular weight excluding hydrogens is 1040 g/mol. The van der Waals surface area contributed by atoms with Gasteiger partial charge in [0.25, 0.3) is 42.2 Å². The molecule has 0 bridgehead atoms. The molecule has 0 spiro atoms. The van der Waals surface area contributed by atoms with Gasteiger partial charge in [-0.1, -0.05) is 42.5 Å². The highest BCUT2D eigenvalue weighted by atomic mass is 32.2. The lowest BCUT2D eigenvalue weighted by molar-refractivity contribution is 0.0683. The van der Waals surface area contributed by atoms with Gasteiger partial charge >= 0.3 is 11.9 Å². The van der Waals surface area contributed by atoms with Crippen molar-refractivity contribution in [1.82, 2.24) is 0 Å². The predicted molar refractivity (Wildman–Crippen MR) is 280 cm³/mol. The summed E-state index contributed by atoms with van der Waals surface area (Å²) in [5.74, 6) is -4.53. The first-order valence-electron chi connectivity index (χ1n) is 22.5. The summed E-state index contributed by atoms with van der Waals surface area (Å²) in [6.45, 7) is 8.57. The van der Waals surface area contributed by atoms with Crippen molar-refractivity contribution >= 4 is 93.5 Å². The van der Waals surface area contributed by atoms with Gasteiger partial charge in [-0.15, -0.1) is 0 Å². The lowest BCUT2D eigenvalue weighted by atomic mass is 9.93. The maximum absolute atomic E-state index is 13.7. The largest absolute Gasteiger partial charge is 0.478 e. The number of carbonyl (C=O) groups excluding carboxylic acids is 2. The summed E-state index contributed by atoms with van der Waals surface area (Å²) in [5.41, 5.74) is -0.0197. The Morgan fingerprint density at radius 2 is 0.987 bits per heavy atom. The minimum Gasteiger partial charge on any atom is -0.478 e. The van der Waals surface area contributed by atoms with Crippen LogP contribution in [-0.2, 0) is 30.4 Å². The van der Waals surface area contributed by atoms with Crippen molar-refractivity contribution in [3.63, 3.8) is 0 Å². The predicted octanol–water partition coefficient (Wildman–Crippen LogP) is 9.67. The lowest BCUT2D eigenvalue weighted by Gasteiger charge is -2.23. The molecular formula is C53H44N4O16S3. The fourth-order valence-electron chi connectivity index (χ4n) is 9.47. The second kappa shape index (κ2) is 19.9. The Morgan fingerprint density at radius 3 is 1.51 bits per heavy atom. The van der Waals surface area contributed by atoms with Crippen LogP contribution < -0.4 is 21.3 Å². The van der Waals surface area contributed by atoms with E-state index in [2.05, 4.69) is 16.0 Å². The van der Waals surface area contributed by atoms with Crippen LogP contribution in [0.1, 0.15) is 74.8 Å². The van der Waals surface area contributed by atoms with Gasteiger partial charge in [0.15, 0.2) is 0 Å². The van der Waals surface area contributed by atoms with Gasteiger partial charge in [-0.2, -0.15) is 25.3 Å². The number of benzene rings is 7. The minimum atomic E-state index is -5.00. The van der Waals surface area contributed by atoms with Gasteiger partial charge in [0, 0.05) is 45.6 Å². The van der Waals surface area contributed by atoms with E-state index in [1.165, 1.54) is 126 Å². The summed E-state index contributed by atoms with van der Waals surface area (Å²) in [7, 11) is -14.9. The Labute approximate surface area is 434 Å². The van der Waals surface area contributed by atoms with Gasteiger partial charge in [0.05, 0.1) is 44.7 Å². The van der Waals surface area contributed by atoms with Crippen molar-refractivity contribution in [3.8, 4) is 22.5 Å². The molecule has 8 N–H and O–H groups in total. The molecule has 23 heteroatoms. The van der Waals surface area contributed by atoms with E-state index in [-0.39, 0.29) is 117 Å². The van der Waals surface area contributed by atoms with Gasteiger partial charge in [0.1, 0.15) is 26.0 Å². The number of aromatic carboxylic acids is 2. The van der Waals surface area contributed by atoms with Crippen LogP contribution in [0.3, 0.4) is 0 Å². The number of hydrogen-bond donors (Lipinski definition) is 8. The Hall–Kier alpha value is -8.58. The number of hydrogen-bond acceptors (Lipinski definition) is 13. The molecule has 8 rings (SSSR count). The molecule has 1 aliphatic heterocycles. The zero-order valence-corrected chi connectivity index (χ0v) is 43.2. The number of anilines is 4. The summed E-state index contributed by atoms with van der Waals surface area (Å²) in [6.07, 6.45) is 0. The van der Waals surface area contributed by atoms with Gasteiger partial charge in [-0.05, 0) is 130 Å². The highest BCUT2D eigenvalue weighted by molar-refractivity contribution is 7.86. The third kappa shape index (κ3) is 10.0. The lowest BCUT2D eigenvalue weighted by Crippen LogP contribution is -2.19. The topological polar surface area (TPSA) is 333 Å². The zero-order chi connectivity index (χ0) is 55.5. The van der Waals surface area contributed by atoms with E-state index in [0.717, 1.165) is 0 Å². The van der Waals surface area contributed by atoms with Crippen molar-refractivity contribution in [2.24, 2.45) is 4.99 Å². The molecule has 0 saturated heterocycles. The second-order valence-electron chi connectivity index (χ2n) is 17.5. The molecule has 0 fully saturated rings. The molecule has 0 radical (unpaired) electrons. The fourth-order valence-corrected chi connectivity index (χ4v) is 12.1. The molecule has 6 aromatic rings. The van der Waals surface area contributed by atoms with Gasteiger partial charge in [-0.25, -0.2) is 14.6 Å². The standard InChI is InChI=1S/C53H44N4O16S3/c1-25-44(27(3)48(75(67,68)69)29(5)46(25)56-50(58)33-13-7-9-15-35(33)52(60)61)54-31-19-21-37-40(23-31)73-41-24-32(20-22-38(41)43(37)39-17-11-12-18-42(39)74(64,65)66)55-45-26(2)47(30(6)49(28(45)4)76(70,71)72)57-51(59)34-14-8-10-16-36(34)53(62)63/h7-24,54H,1-6H3,(H,56,58)(H,57,59)(H,60,61)(H,62,63)(H,64,65,66)(H,67,68,69)(H,70,71,72). The van der Waals surface area contributed by atoms with Crippen LogP contribution in [0.25, 0.3) is 33.4 Å². The van der Waals surface area contributed by atoms with Crippen molar-refractivity contribution in [1.29, 1.82) is 0 Å². The van der Waals surface area contributed by atoms with Crippen molar-refractivity contribution in [3.05, 3.63) is 170 Å². The van der Waals surface area contributed by atoms with Gasteiger partial charge in [-0.3, -0.25) is 23.2 Å². The monoisotopic (exact) mass is 1090 g/mol. The highest BCUT2D eigenvalue weighted by Crippen LogP contribution is 2.45. The van der Waals surface area contributed by atoms with Gasteiger partial charge < -0.3 is 30.6 Å². The SMILES string of the molecule is Cc1c(N=c2ccc3c(-c4ccccc4S(=O)(=O)O)c4ccc(Nc5c(C)c(NC(=O)c6ccccc6C(=O)O)c(C)c(S(=O)(=O)O)c5C)cc4oc-3c2)c(C)c(S(=O)(=O)O)c(C)c1NC(=O)c1ccccc1C(=O)O. The van der Waals surface area contributed by atoms with E-state index in [1.54, 1.807) is 25.1 Å². The maximum Gasteiger partial charge on any atom is 0.336 e. The van der Waals surface area contributed by atoms with E-state index in [4.69, 9.17) is 9.41 Å². The van der Waals surface area contributed by atoms with Gasteiger partial charge in [0.2, 0.25) is 0 Å². The van der Waals surface area contributed by atoms with Crippen molar-refractivity contribution in [2.45, 2.75) is 56.2 Å². The molecule has 0 saturated carbocycles. The molecule has 1 heterocycles. The number of fused-ring (bicyclic) bond motifs is 2. The molecule has 2 amide bonds. The quantitative estimate of drug-likeness (QED) is 0.0393. The third-order valence-electron chi connectivity index (χ3n) is 12.8. The van der Waals surface area contributed by atoms with Crippen LogP contribution in [0.15, 0.2) is 133 Å². The Morgan fingerprint density at radius 1 is 0.500 bits per heavy atom. The zero-order valence-electron chi connectivity index (χ0n) is 40.8. The molecule has 76 heavy (non-hydrogen) atoms. The minimum absolute atomic E-state index is 0.0256. The Balaban J connectivity index is 1.34. The third-order valence-corrected chi connectivity index (χ3v) is 15.9. The van der Waals surface area contributed by atoms with E-state index in [0.29, 0.717) is 5.39 Å². The smallest absolute Gasteiger partial charge is 0.336 e. The number of rotatable bonds is 13. The molecule has 0 aromatic heterocycles. The van der Waals surface area contributed by atoms with Crippen molar-refractivity contribution < 1.29 is 72.7 Å². The van der Waals surface area contributed by atoms with Crippen LogP contribution in [0.4, 0.5) is 28.4 Å². The highest BCUT2D eigenvalue weighted by Gasteiger charge is 2.30. The van der Waals surface area contributed by atoms with E-state index in [9.17, 15) is 68.3 Å². The maximum atomic E-state index is 13.7. The molecule has 20 nitrogen and oxygen atoms in total. The molecule has 0 unspecified atom stereocenters. The molecule has 390 valence electrons. The van der Waals surface area contributed by atoms with Crippen LogP contribution in [0.5, 0.6) is 0 Å². The number of nitrogens with zero attached hydrogens (tertiary/aromatic N) is 1. The summed E-state index contributed by atoms with van der Waals surface area (Å²) in [6, 6.07) is 25.4. The van der Waals surface area contributed by atoms with E-state index < -0.39 is 68.8 Å². The fraction of sp³-hybridized carbons (Fsp3) is 0.113. The number of carboxylic acid groups (broad SMARTS) is 2.